The lowest BCUT2D eigenvalue weighted by molar-refractivity contribution is -0.896. The third-order valence-electron chi connectivity index (χ3n) is 4.92. The van der Waals surface area contributed by atoms with E-state index in [1.165, 1.54) is 4.90 Å². The van der Waals surface area contributed by atoms with Crippen LogP contribution < -0.4 is 9.64 Å². The maximum Gasteiger partial charge on any atom is 0.262 e. The molecule has 0 bridgehead atoms. The van der Waals surface area contributed by atoms with Gasteiger partial charge in [-0.3, -0.25) is 0 Å². The van der Waals surface area contributed by atoms with E-state index in [2.05, 4.69) is 18.8 Å². The fourth-order valence-corrected chi connectivity index (χ4v) is 3.28. The lowest BCUT2D eigenvalue weighted by atomic mass is 10.2. The summed E-state index contributed by atoms with van der Waals surface area (Å²) in [6.45, 7) is 8.06. The second-order valence-electron chi connectivity index (χ2n) is 6.55. The number of nitrogens with one attached hydrogen (secondary N) is 1. The molecule has 0 atom stereocenters. The Bertz CT molecular complexity index is 1040. The van der Waals surface area contributed by atoms with Gasteiger partial charge in [-0.25, -0.2) is 4.98 Å². The van der Waals surface area contributed by atoms with Gasteiger partial charge in [0.1, 0.15) is 24.3 Å². The molecule has 0 aliphatic rings. The average Bonchev–Trinajstić information content (AvgIpc) is 3.11. The molecule has 0 amide bonds. The fraction of sp³-hybridized carbons (Fsp3) is 0.273. The smallest absolute Gasteiger partial charge is 0.262 e. The van der Waals surface area contributed by atoms with Crippen molar-refractivity contribution in [3.63, 3.8) is 0 Å². The Morgan fingerprint density at radius 3 is 2.44 bits per heavy atom. The first-order valence-corrected chi connectivity index (χ1v) is 9.51. The molecule has 0 saturated heterocycles. The zero-order valence-electron chi connectivity index (χ0n) is 15.7. The third kappa shape index (κ3) is 3.51. The van der Waals surface area contributed by atoms with Gasteiger partial charge in [0.25, 0.3) is 5.88 Å². The Morgan fingerprint density at radius 1 is 0.926 bits per heavy atom. The molecule has 5 nitrogen and oxygen atoms in total. The summed E-state index contributed by atoms with van der Waals surface area (Å²) < 4.78 is 12.1. The molecule has 0 fully saturated rings. The SMILES string of the molecule is CC[NH+](CC)CCOc1nc(-c2ccccc2)nc2c1oc1ccccc12. The summed E-state index contributed by atoms with van der Waals surface area (Å²) in [5.41, 5.74) is 3.17. The number of ether oxygens (including phenoxy) is 1. The lowest BCUT2D eigenvalue weighted by Gasteiger charge is -2.15. The van der Waals surface area contributed by atoms with Crippen LogP contribution in [0.25, 0.3) is 33.5 Å². The van der Waals surface area contributed by atoms with Crippen LogP contribution in [0.1, 0.15) is 13.8 Å². The molecule has 4 aromatic rings. The minimum absolute atomic E-state index is 0.515. The van der Waals surface area contributed by atoms with Crippen molar-refractivity contribution in [3.05, 3.63) is 54.6 Å². The molecular formula is C22H24N3O2+. The molecule has 2 heterocycles. The zero-order valence-corrected chi connectivity index (χ0v) is 15.7. The van der Waals surface area contributed by atoms with E-state index in [9.17, 15) is 0 Å². The van der Waals surface area contributed by atoms with Crippen molar-refractivity contribution < 1.29 is 14.1 Å². The molecule has 138 valence electrons. The number of furan rings is 1. The van der Waals surface area contributed by atoms with Crippen molar-refractivity contribution in [3.8, 4) is 17.3 Å². The number of benzene rings is 2. The molecule has 0 saturated carbocycles. The number of hydrogen-bond donors (Lipinski definition) is 1. The summed E-state index contributed by atoms with van der Waals surface area (Å²) in [4.78, 5) is 11.0. The molecule has 5 heteroatoms. The molecule has 0 spiro atoms. The first-order chi connectivity index (χ1) is 13.3. The van der Waals surface area contributed by atoms with Crippen LogP contribution in [0.5, 0.6) is 5.88 Å². The van der Waals surface area contributed by atoms with Gasteiger partial charge in [-0.1, -0.05) is 42.5 Å². The minimum Gasteiger partial charge on any atom is -0.469 e. The number of nitrogens with zero attached hydrogens (tertiary/aromatic N) is 2. The third-order valence-corrected chi connectivity index (χ3v) is 4.92. The molecule has 0 radical (unpaired) electrons. The maximum atomic E-state index is 6.08. The maximum absolute atomic E-state index is 6.08. The van der Waals surface area contributed by atoms with Gasteiger partial charge in [-0.2, -0.15) is 4.98 Å². The van der Waals surface area contributed by atoms with Crippen LogP contribution in [0.2, 0.25) is 0 Å². The number of quaternary nitrogens is 1. The molecule has 0 aliphatic carbocycles. The Labute approximate surface area is 158 Å². The van der Waals surface area contributed by atoms with Crippen molar-refractivity contribution in [1.82, 2.24) is 9.97 Å². The van der Waals surface area contributed by atoms with E-state index in [0.29, 0.717) is 23.9 Å². The summed E-state index contributed by atoms with van der Waals surface area (Å²) in [6.07, 6.45) is 0. The first-order valence-electron chi connectivity index (χ1n) is 9.51. The highest BCUT2D eigenvalue weighted by Gasteiger charge is 2.18. The first kappa shape index (κ1) is 17.5. The van der Waals surface area contributed by atoms with E-state index in [1.54, 1.807) is 0 Å². The van der Waals surface area contributed by atoms with Crippen LogP contribution in [0, 0.1) is 0 Å². The van der Waals surface area contributed by atoms with Crippen LogP contribution in [0.15, 0.2) is 59.0 Å². The molecule has 4 rings (SSSR count). The van der Waals surface area contributed by atoms with Gasteiger partial charge in [0.15, 0.2) is 5.82 Å². The van der Waals surface area contributed by atoms with Crippen molar-refractivity contribution in [2.24, 2.45) is 0 Å². The predicted octanol–water partition coefficient (Wildman–Crippen LogP) is 3.35. The molecule has 27 heavy (non-hydrogen) atoms. The Kier molecular flexibility index (Phi) is 5.03. The number of likely N-dealkylation sites (N-methyl/N-ethyl adjacent to an activating group) is 1. The number of aromatic nitrogens is 2. The highest BCUT2D eigenvalue weighted by atomic mass is 16.5. The number of rotatable bonds is 7. The summed E-state index contributed by atoms with van der Waals surface area (Å²) in [5.74, 6) is 1.17. The summed E-state index contributed by atoms with van der Waals surface area (Å²) >= 11 is 0. The standard InChI is InChI=1S/C22H23N3O2/c1-3-25(4-2)14-15-26-22-20-19(17-12-8-9-13-18(17)27-20)23-21(24-22)16-10-6-5-7-11-16/h5-13H,3-4,14-15H2,1-2H3/p+1. The lowest BCUT2D eigenvalue weighted by Crippen LogP contribution is -3.12. The van der Waals surface area contributed by atoms with E-state index >= 15 is 0 Å². The Morgan fingerprint density at radius 2 is 1.67 bits per heavy atom. The highest BCUT2D eigenvalue weighted by molar-refractivity contribution is 6.04. The topological polar surface area (TPSA) is 52.6 Å². The van der Waals surface area contributed by atoms with Gasteiger partial charge in [-0.05, 0) is 26.0 Å². The zero-order chi connectivity index (χ0) is 18.6. The molecule has 0 aliphatic heterocycles. The van der Waals surface area contributed by atoms with Gasteiger partial charge >= 0.3 is 0 Å². The number of para-hydroxylation sites is 1. The second-order valence-corrected chi connectivity index (χ2v) is 6.55. The largest absolute Gasteiger partial charge is 0.469 e. The Balaban J connectivity index is 1.78. The predicted molar refractivity (Wildman–Crippen MR) is 107 cm³/mol. The monoisotopic (exact) mass is 362 g/mol. The quantitative estimate of drug-likeness (QED) is 0.548. The fourth-order valence-electron chi connectivity index (χ4n) is 3.28. The van der Waals surface area contributed by atoms with Crippen LogP contribution in [0.4, 0.5) is 0 Å². The van der Waals surface area contributed by atoms with E-state index in [0.717, 1.165) is 41.7 Å². The van der Waals surface area contributed by atoms with Crippen LogP contribution >= 0.6 is 0 Å². The van der Waals surface area contributed by atoms with Crippen molar-refractivity contribution in [2.45, 2.75) is 13.8 Å². The second kappa shape index (κ2) is 7.76. The molecule has 2 aromatic carbocycles. The van der Waals surface area contributed by atoms with Crippen LogP contribution in [-0.2, 0) is 0 Å². The normalized spacial score (nSPS) is 11.5. The summed E-state index contributed by atoms with van der Waals surface area (Å²) in [7, 11) is 0. The van der Waals surface area contributed by atoms with Crippen molar-refractivity contribution in [2.75, 3.05) is 26.2 Å². The van der Waals surface area contributed by atoms with Gasteiger partial charge in [0.05, 0.1) is 13.1 Å². The van der Waals surface area contributed by atoms with Gasteiger partial charge < -0.3 is 14.1 Å². The van der Waals surface area contributed by atoms with Gasteiger partial charge in [0, 0.05) is 10.9 Å². The van der Waals surface area contributed by atoms with Crippen LogP contribution in [0.3, 0.4) is 0 Å². The van der Waals surface area contributed by atoms with Gasteiger partial charge in [0.2, 0.25) is 5.58 Å². The van der Waals surface area contributed by atoms with E-state index in [1.807, 2.05) is 54.6 Å². The van der Waals surface area contributed by atoms with E-state index in [4.69, 9.17) is 14.1 Å². The minimum atomic E-state index is 0.515. The van der Waals surface area contributed by atoms with Crippen LogP contribution in [-0.4, -0.2) is 36.2 Å². The van der Waals surface area contributed by atoms with Crippen molar-refractivity contribution >= 4 is 22.1 Å². The van der Waals surface area contributed by atoms with Gasteiger partial charge in [-0.15, -0.1) is 0 Å². The average molecular weight is 362 g/mol. The van der Waals surface area contributed by atoms with E-state index < -0.39 is 0 Å². The number of fused-ring (bicyclic) bond motifs is 3. The van der Waals surface area contributed by atoms with E-state index in [-0.39, 0.29) is 0 Å². The van der Waals surface area contributed by atoms with Crippen molar-refractivity contribution in [1.29, 1.82) is 0 Å². The molecule has 0 unspecified atom stereocenters. The molecular weight excluding hydrogens is 338 g/mol. The summed E-state index contributed by atoms with van der Waals surface area (Å²) in [6, 6.07) is 17.9. The highest BCUT2D eigenvalue weighted by Crippen LogP contribution is 2.34. The summed E-state index contributed by atoms with van der Waals surface area (Å²) in [5, 5.41) is 0.978. The molecule has 1 N–H and O–H groups in total. The number of hydrogen-bond acceptors (Lipinski definition) is 4. The Hall–Kier alpha value is -2.92. The molecule has 2 aromatic heterocycles.